The van der Waals surface area contributed by atoms with Crippen LogP contribution in [0.15, 0.2) is 47.3 Å². The highest BCUT2D eigenvalue weighted by Crippen LogP contribution is 2.26. The van der Waals surface area contributed by atoms with Crippen LogP contribution >= 0.6 is 35.4 Å². The van der Waals surface area contributed by atoms with Crippen molar-refractivity contribution in [1.29, 1.82) is 0 Å². The smallest absolute Gasteiger partial charge is 0.335 e. The van der Waals surface area contributed by atoms with E-state index in [0.29, 0.717) is 39.0 Å². The summed E-state index contributed by atoms with van der Waals surface area (Å²) < 4.78 is 1.50. The van der Waals surface area contributed by atoms with E-state index < -0.39 is 5.97 Å². The molecule has 2 N–H and O–H groups in total. The second-order valence-electron chi connectivity index (χ2n) is 7.49. The Morgan fingerprint density at radius 2 is 1.75 bits per heavy atom. The zero-order valence-corrected chi connectivity index (χ0v) is 19.1. The van der Waals surface area contributed by atoms with Crippen LogP contribution in [-0.2, 0) is 13.0 Å². The van der Waals surface area contributed by atoms with Gasteiger partial charge in [0.05, 0.1) is 27.8 Å². The molecule has 3 aromatic rings. The summed E-state index contributed by atoms with van der Waals surface area (Å²) in [6.45, 7) is 2.05. The van der Waals surface area contributed by atoms with Crippen molar-refractivity contribution in [1.82, 2.24) is 14.5 Å². The SMILES string of the molecule is C[C@@H]1Cc2c([nH]c(=S)n(-c3ccc(C(=O)O)cc3)c2=O)CN1C(=O)c1ccc(Cl)c(Cl)c1. The molecule has 0 saturated carbocycles. The maximum atomic E-state index is 13.3. The minimum absolute atomic E-state index is 0.111. The Labute approximate surface area is 197 Å². The minimum atomic E-state index is -1.06. The first-order valence-corrected chi connectivity index (χ1v) is 10.8. The van der Waals surface area contributed by atoms with Crippen LogP contribution in [0, 0.1) is 4.77 Å². The van der Waals surface area contributed by atoms with Gasteiger partial charge in [0.2, 0.25) is 0 Å². The Hall–Kier alpha value is -2.94. The fourth-order valence-corrected chi connectivity index (χ4v) is 4.36. The van der Waals surface area contributed by atoms with E-state index in [4.69, 9.17) is 40.5 Å². The summed E-state index contributed by atoms with van der Waals surface area (Å²) in [7, 11) is 0. The molecular formula is C22H17Cl2N3O4S. The van der Waals surface area contributed by atoms with Crippen molar-refractivity contribution in [3.05, 3.63) is 90.0 Å². The molecule has 1 aromatic heterocycles. The fraction of sp³-hybridized carbons (Fsp3) is 0.182. The number of halogens is 2. The highest BCUT2D eigenvalue weighted by Gasteiger charge is 2.30. The number of hydrogen-bond acceptors (Lipinski definition) is 4. The molecule has 32 heavy (non-hydrogen) atoms. The number of carboxylic acids is 1. The van der Waals surface area contributed by atoms with Gasteiger partial charge < -0.3 is 15.0 Å². The van der Waals surface area contributed by atoms with E-state index in [1.807, 2.05) is 6.92 Å². The quantitative estimate of drug-likeness (QED) is 0.528. The molecule has 0 saturated heterocycles. The van der Waals surface area contributed by atoms with Gasteiger partial charge in [0, 0.05) is 22.9 Å². The lowest BCUT2D eigenvalue weighted by atomic mass is 9.98. The van der Waals surface area contributed by atoms with E-state index in [9.17, 15) is 14.4 Å². The van der Waals surface area contributed by atoms with Crippen molar-refractivity contribution in [2.24, 2.45) is 0 Å². The van der Waals surface area contributed by atoms with E-state index in [2.05, 4.69) is 4.98 Å². The van der Waals surface area contributed by atoms with Crippen LogP contribution in [0.5, 0.6) is 0 Å². The Bertz CT molecular complexity index is 1370. The Kier molecular flexibility index (Phi) is 5.94. The van der Waals surface area contributed by atoms with Gasteiger partial charge in [-0.1, -0.05) is 23.2 Å². The zero-order valence-electron chi connectivity index (χ0n) is 16.8. The molecule has 0 radical (unpaired) electrons. The van der Waals surface area contributed by atoms with Crippen LogP contribution < -0.4 is 5.56 Å². The van der Waals surface area contributed by atoms with E-state index in [0.717, 1.165) is 0 Å². The van der Waals surface area contributed by atoms with E-state index >= 15 is 0 Å². The first kappa shape index (κ1) is 22.3. The predicted molar refractivity (Wildman–Crippen MR) is 124 cm³/mol. The highest BCUT2D eigenvalue weighted by atomic mass is 35.5. The summed E-state index contributed by atoms with van der Waals surface area (Å²) in [6, 6.07) is 10.4. The van der Waals surface area contributed by atoms with Crippen LogP contribution in [0.3, 0.4) is 0 Å². The Morgan fingerprint density at radius 3 is 2.38 bits per heavy atom. The standard InChI is InChI=1S/C22H17Cl2N3O4S/c1-11-8-15-18(10-26(11)19(28)13-4-7-16(23)17(24)9-13)25-22(32)27(20(15)29)14-5-2-12(3-6-14)21(30)31/h2-7,9,11H,8,10H2,1H3,(H,25,32)(H,30,31)/t11-/m1/s1. The summed E-state index contributed by atoms with van der Waals surface area (Å²) in [5, 5.41) is 9.73. The van der Waals surface area contributed by atoms with Crippen molar-refractivity contribution in [3.63, 3.8) is 0 Å². The molecule has 0 spiro atoms. The molecule has 1 atom stereocenters. The topological polar surface area (TPSA) is 95.4 Å². The Morgan fingerprint density at radius 1 is 1.09 bits per heavy atom. The maximum absolute atomic E-state index is 13.3. The predicted octanol–water partition coefficient (Wildman–Crippen LogP) is 4.49. The van der Waals surface area contributed by atoms with Crippen molar-refractivity contribution >= 4 is 47.3 Å². The zero-order chi connectivity index (χ0) is 23.2. The summed E-state index contributed by atoms with van der Waals surface area (Å²) in [4.78, 5) is 42.1. The number of fused-ring (bicyclic) bond motifs is 1. The molecule has 7 nitrogen and oxygen atoms in total. The van der Waals surface area contributed by atoms with Gasteiger partial charge in [-0.3, -0.25) is 14.2 Å². The molecule has 4 rings (SSSR count). The summed E-state index contributed by atoms with van der Waals surface area (Å²) >= 11 is 17.4. The molecule has 2 heterocycles. The van der Waals surface area contributed by atoms with Gasteiger partial charge >= 0.3 is 5.97 Å². The van der Waals surface area contributed by atoms with Crippen LogP contribution in [0.2, 0.25) is 10.0 Å². The van der Waals surface area contributed by atoms with Crippen molar-refractivity contribution in [2.45, 2.75) is 25.9 Å². The van der Waals surface area contributed by atoms with Crippen LogP contribution in [0.4, 0.5) is 0 Å². The molecular weight excluding hydrogens is 473 g/mol. The summed E-state index contributed by atoms with van der Waals surface area (Å²) in [6.07, 6.45) is 0.334. The fourth-order valence-electron chi connectivity index (χ4n) is 3.75. The number of rotatable bonds is 3. The Balaban J connectivity index is 1.71. The van der Waals surface area contributed by atoms with Gasteiger partial charge in [-0.15, -0.1) is 0 Å². The van der Waals surface area contributed by atoms with E-state index in [-0.39, 0.29) is 34.4 Å². The summed E-state index contributed by atoms with van der Waals surface area (Å²) in [5.74, 6) is -1.28. The number of aromatic amines is 1. The number of H-pyrrole nitrogens is 1. The molecule has 0 unspecified atom stereocenters. The molecule has 0 bridgehead atoms. The number of carbonyl (C=O) groups excluding carboxylic acids is 1. The second kappa shape index (κ2) is 8.54. The molecule has 10 heteroatoms. The normalized spacial score (nSPS) is 15.3. The molecule has 2 aromatic carbocycles. The minimum Gasteiger partial charge on any atom is -0.478 e. The first-order valence-electron chi connectivity index (χ1n) is 9.64. The highest BCUT2D eigenvalue weighted by molar-refractivity contribution is 7.71. The lowest BCUT2D eigenvalue weighted by Gasteiger charge is -2.34. The lowest BCUT2D eigenvalue weighted by molar-refractivity contribution is 0.0651. The van der Waals surface area contributed by atoms with Gasteiger partial charge in [-0.25, -0.2) is 4.79 Å². The van der Waals surface area contributed by atoms with Crippen molar-refractivity contribution in [3.8, 4) is 5.69 Å². The van der Waals surface area contributed by atoms with Crippen molar-refractivity contribution in [2.75, 3.05) is 0 Å². The second-order valence-corrected chi connectivity index (χ2v) is 8.70. The maximum Gasteiger partial charge on any atom is 0.335 e. The van der Waals surface area contributed by atoms with Gasteiger partial charge in [0.25, 0.3) is 11.5 Å². The number of amides is 1. The number of hydrogen-bond donors (Lipinski definition) is 2. The number of benzene rings is 2. The lowest BCUT2D eigenvalue weighted by Crippen LogP contribution is -2.45. The number of aromatic nitrogens is 2. The largest absolute Gasteiger partial charge is 0.478 e. The monoisotopic (exact) mass is 489 g/mol. The number of carboxylic acid groups (broad SMARTS) is 1. The first-order chi connectivity index (χ1) is 15.2. The average molecular weight is 490 g/mol. The average Bonchev–Trinajstić information content (AvgIpc) is 2.76. The third-order valence-corrected chi connectivity index (χ3v) is 6.47. The van der Waals surface area contributed by atoms with Gasteiger partial charge in [0.15, 0.2) is 4.77 Å². The van der Waals surface area contributed by atoms with Gasteiger partial charge in [-0.2, -0.15) is 0 Å². The molecule has 164 valence electrons. The summed E-state index contributed by atoms with van der Waals surface area (Å²) in [5.41, 5.74) is 1.79. The molecule has 1 aliphatic rings. The molecule has 1 amide bonds. The third-order valence-electron chi connectivity index (χ3n) is 5.45. The van der Waals surface area contributed by atoms with Crippen LogP contribution in [0.1, 0.15) is 38.9 Å². The van der Waals surface area contributed by atoms with Crippen LogP contribution in [-0.4, -0.2) is 37.5 Å². The van der Waals surface area contributed by atoms with E-state index in [1.165, 1.54) is 34.9 Å². The van der Waals surface area contributed by atoms with E-state index in [1.54, 1.807) is 17.0 Å². The molecule has 0 aliphatic carbocycles. The molecule has 1 aliphatic heterocycles. The number of nitrogens with one attached hydrogen (secondary N) is 1. The third kappa shape index (κ3) is 3.97. The molecule has 0 fully saturated rings. The van der Waals surface area contributed by atoms with Gasteiger partial charge in [-0.05, 0) is 68.0 Å². The van der Waals surface area contributed by atoms with Crippen molar-refractivity contribution < 1.29 is 14.7 Å². The number of nitrogens with zero attached hydrogens (tertiary/aromatic N) is 2. The number of carbonyl (C=O) groups is 2. The number of aromatic carboxylic acids is 1. The van der Waals surface area contributed by atoms with Crippen LogP contribution in [0.25, 0.3) is 5.69 Å². The van der Waals surface area contributed by atoms with Gasteiger partial charge in [0.1, 0.15) is 0 Å².